The van der Waals surface area contributed by atoms with Gasteiger partial charge in [0.2, 0.25) is 0 Å². The minimum absolute atomic E-state index is 0.896. The van der Waals surface area contributed by atoms with E-state index in [-0.39, 0.29) is 0 Å². The lowest BCUT2D eigenvalue weighted by Crippen LogP contribution is -1.66. The van der Waals surface area contributed by atoms with E-state index in [4.69, 9.17) is 0 Å². The second-order valence-electron chi connectivity index (χ2n) is 1.67. The molecule has 1 aromatic rings. The second-order valence-corrected chi connectivity index (χ2v) is 1.67. The van der Waals surface area contributed by atoms with Gasteiger partial charge in [-0.2, -0.15) is 0 Å². The monoisotopic (exact) mass is 118 g/mol. The fourth-order valence-corrected chi connectivity index (χ4v) is 0.617. The molecule has 9 heavy (non-hydrogen) atoms. The van der Waals surface area contributed by atoms with Crippen LogP contribution in [0.25, 0.3) is 6.08 Å². The summed E-state index contributed by atoms with van der Waals surface area (Å²) in [6.07, 6.45) is 1.40. The van der Waals surface area contributed by atoms with Gasteiger partial charge < -0.3 is 0 Å². The Balaban J connectivity index is 2.97. The summed E-state index contributed by atoms with van der Waals surface area (Å²) in [5, 5.41) is 0. The molecule has 0 unspecified atom stereocenters. The van der Waals surface area contributed by atoms with Crippen LogP contribution in [0.4, 0.5) is 0 Å². The maximum atomic E-state index is 9.79. The summed E-state index contributed by atoms with van der Waals surface area (Å²) in [6.45, 7) is 0. The van der Waals surface area contributed by atoms with E-state index in [9.17, 15) is 4.79 Å². The number of hydrogen-bond donors (Lipinski definition) is 0. The highest BCUT2D eigenvalue weighted by atomic mass is 16.1. The number of benzene rings is 1. The molecular weight excluding hydrogens is 112 g/mol. The maximum Gasteiger partial charge on any atom is 0.125 e. The van der Waals surface area contributed by atoms with Gasteiger partial charge in [0.15, 0.2) is 0 Å². The molecule has 1 rings (SSSR count). The van der Waals surface area contributed by atoms with Crippen LogP contribution in [-0.2, 0) is 4.79 Å². The van der Waals surface area contributed by atoms with Crippen LogP contribution in [0.5, 0.6) is 0 Å². The van der Waals surface area contributed by atoms with Gasteiger partial charge in [0.1, 0.15) is 5.94 Å². The Morgan fingerprint density at radius 1 is 1.22 bits per heavy atom. The maximum absolute atomic E-state index is 9.79. The molecule has 0 atom stereocenters. The van der Waals surface area contributed by atoms with Crippen LogP contribution in [-0.4, -0.2) is 5.94 Å². The molecule has 0 aliphatic heterocycles. The van der Waals surface area contributed by atoms with Crippen molar-refractivity contribution in [2.75, 3.05) is 0 Å². The summed E-state index contributed by atoms with van der Waals surface area (Å²) < 4.78 is 0. The van der Waals surface area contributed by atoms with Crippen molar-refractivity contribution in [3.63, 3.8) is 0 Å². The van der Waals surface area contributed by atoms with Crippen LogP contribution < -0.4 is 0 Å². The summed E-state index contributed by atoms with van der Waals surface area (Å²) in [4.78, 5) is 9.79. The molecule has 1 heteroatoms. The van der Waals surface area contributed by atoms with Crippen molar-refractivity contribution in [3.05, 3.63) is 35.9 Å². The number of hydrogen-bond acceptors (Lipinski definition) is 1. The molecule has 0 spiro atoms. The van der Waals surface area contributed by atoms with E-state index >= 15 is 0 Å². The molecule has 0 aliphatic carbocycles. The quantitative estimate of drug-likeness (QED) is 0.511. The lowest BCUT2D eigenvalue weighted by atomic mass is 10.2. The first-order valence-electron chi connectivity index (χ1n) is 2.69. The standard InChI is InChI=1S/C8H6O/c9-7-6-8-4-2-1-3-5-8/h1-6H. The zero-order valence-electron chi connectivity index (χ0n) is 4.87. The molecule has 1 nitrogen and oxygen atoms in total. The molecule has 0 radical (unpaired) electrons. The van der Waals surface area contributed by atoms with E-state index in [0.29, 0.717) is 0 Å². The third-order valence-electron chi connectivity index (χ3n) is 1.03. The Morgan fingerprint density at radius 2 is 1.89 bits per heavy atom. The van der Waals surface area contributed by atoms with Gasteiger partial charge in [-0.3, -0.25) is 0 Å². The van der Waals surface area contributed by atoms with Crippen molar-refractivity contribution >= 4 is 12.0 Å². The van der Waals surface area contributed by atoms with E-state index in [1.807, 2.05) is 30.3 Å². The molecule has 0 saturated heterocycles. The zero-order chi connectivity index (χ0) is 6.53. The molecular formula is C8H6O. The molecule has 1 aromatic carbocycles. The molecule has 0 aromatic heterocycles. The van der Waals surface area contributed by atoms with Crippen molar-refractivity contribution in [2.24, 2.45) is 0 Å². The first-order valence-corrected chi connectivity index (χ1v) is 2.69. The number of rotatable bonds is 1. The number of carbonyl (C=O) groups excluding carboxylic acids is 1. The molecule has 0 heterocycles. The fourth-order valence-electron chi connectivity index (χ4n) is 0.617. The van der Waals surface area contributed by atoms with Crippen LogP contribution in [0.1, 0.15) is 5.56 Å². The molecule has 0 N–H and O–H groups in total. The predicted octanol–water partition coefficient (Wildman–Crippen LogP) is 1.53. The normalized spacial score (nSPS) is 8.00. The summed E-state index contributed by atoms with van der Waals surface area (Å²) in [5.74, 6) is 1.71. The second kappa shape index (κ2) is 2.85. The molecule has 44 valence electrons. The van der Waals surface area contributed by atoms with Gasteiger partial charge in [0.05, 0.1) is 0 Å². The van der Waals surface area contributed by atoms with Crippen molar-refractivity contribution in [1.29, 1.82) is 0 Å². The van der Waals surface area contributed by atoms with E-state index < -0.39 is 0 Å². The molecule has 0 fully saturated rings. The first kappa shape index (κ1) is 5.80. The molecule has 0 amide bonds. The van der Waals surface area contributed by atoms with Crippen molar-refractivity contribution in [1.82, 2.24) is 0 Å². The van der Waals surface area contributed by atoms with Gasteiger partial charge in [0.25, 0.3) is 0 Å². The van der Waals surface area contributed by atoms with Crippen molar-refractivity contribution in [3.8, 4) is 0 Å². The predicted molar refractivity (Wildman–Crippen MR) is 36.6 cm³/mol. The van der Waals surface area contributed by atoms with Gasteiger partial charge in [-0.1, -0.05) is 30.3 Å². The highest BCUT2D eigenvalue weighted by Gasteiger charge is 1.78. The third-order valence-corrected chi connectivity index (χ3v) is 1.03. The van der Waals surface area contributed by atoms with E-state index in [0.717, 1.165) is 5.56 Å². The van der Waals surface area contributed by atoms with E-state index in [2.05, 4.69) is 0 Å². The van der Waals surface area contributed by atoms with E-state index in [1.54, 1.807) is 5.94 Å². The van der Waals surface area contributed by atoms with Gasteiger partial charge in [-0.15, -0.1) is 0 Å². The Labute approximate surface area is 53.6 Å². The van der Waals surface area contributed by atoms with Crippen LogP contribution >= 0.6 is 0 Å². The average Bonchev–Trinajstić information content (AvgIpc) is 1.91. The Morgan fingerprint density at radius 3 is 2.44 bits per heavy atom. The Hall–Kier alpha value is -1.33. The van der Waals surface area contributed by atoms with Crippen molar-refractivity contribution in [2.45, 2.75) is 0 Å². The van der Waals surface area contributed by atoms with Gasteiger partial charge >= 0.3 is 0 Å². The average molecular weight is 118 g/mol. The van der Waals surface area contributed by atoms with Crippen LogP contribution in [0, 0.1) is 0 Å². The Kier molecular flexibility index (Phi) is 1.84. The topological polar surface area (TPSA) is 17.1 Å². The molecule has 0 saturated carbocycles. The zero-order valence-corrected chi connectivity index (χ0v) is 4.87. The van der Waals surface area contributed by atoms with Crippen LogP contribution in [0.2, 0.25) is 0 Å². The minimum atomic E-state index is 0.896. The summed E-state index contributed by atoms with van der Waals surface area (Å²) in [5.41, 5.74) is 0.896. The smallest absolute Gasteiger partial charge is 0.125 e. The lowest BCUT2D eigenvalue weighted by molar-refractivity contribution is 0.570. The van der Waals surface area contributed by atoms with Crippen LogP contribution in [0.15, 0.2) is 30.3 Å². The van der Waals surface area contributed by atoms with Gasteiger partial charge in [0, 0.05) is 6.08 Å². The van der Waals surface area contributed by atoms with Crippen molar-refractivity contribution < 1.29 is 4.79 Å². The largest absolute Gasteiger partial charge is 0.233 e. The third kappa shape index (κ3) is 1.56. The summed E-state index contributed by atoms with van der Waals surface area (Å²) in [7, 11) is 0. The fraction of sp³-hybridized carbons (Fsp3) is 0. The lowest BCUT2D eigenvalue weighted by Gasteiger charge is -1.83. The summed E-state index contributed by atoms with van der Waals surface area (Å²) >= 11 is 0. The SMILES string of the molecule is O=C=Cc1ccccc1. The molecule has 0 bridgehead atoms. The minimum Gasteiger partial charge on any atom is -0.233 e. The van der Waals surface area contributed by atoms with Gasteiger partial charge in [-0.25, -0.2) is 4.79 Å². The Bertz CT molecular complexity index is 220. The first-order chi connectivity index (χ1) is 4.43. The highest BCUT2D eigenvalue weighted by molar-refractivity contribution is 5.74. The van der Waals surface area contributed by atoms with Gasteiger partial charge in [-0.05, 0) is 5.56 Å². The van der Waals surface area contributed by atoms with Crippen LogP contribution in [0.3, 0.4) is 0 Å². The van der Waals surface area contributed by atoms with E-state index in [1.165, 1.54) is 6.08 Å². The summed E-state index contributed by atoms with van der Waals surface area (Å²) in [6, 6.07) is 9.37. The highest BCUT2D eigenvalue weighted by Crippen LogP contribution is 1.97. The molecule has 0 aliphatic rings.